The average Bonchev–Trinajstić information content (AvgIpc) is 3.08. The van der Waals surface area contributed by atoms with Gasteiger partial charge in [0.05, 0.1) is 23.0 Å². The molecule has 0 aliphatic heterocycles. The molecule has 0 bridgehead atoms. The Bertz CT molecular complexity index is 1100. The maximum absolute atomic E-state index is 11.2. The zero-order valence-corrected chi connectivity index (χ0v) is 20.2. The number of imidazole rings is 1. The summed E-state index contributed by atoms with van der Waals surface area (Å²) < 4.78 is 8.12. The van der Waals surface area contributed by atoms with Crippen LogP contribution < -0.4 is 15.8 Å². The van der Waals surface area contributed by atoms with Crippen LogP contribution in [0, 0.1) is 13.8 Å². The Kier molecular flexibility index (Phi) is 8.96. The summed E-state index contributed by atoms with van der Waals surface area (Å²) in [4.78, 5) is 20.9. The summed E-state index contributed by atoms with van der Waals surface area (Å²) in [6.07, 6.45) is 1.89. The Labute approximate surface area is 190 Å². The normalized spacial score (nSPS) is 11.3. The molecule has 0 saturated heterocycles. The fourth-order valence-electron chi connectivity index (χ4n) is 3.51. The average molecular weight is 438 g/mol. The van der Waals surface area contributed by atoms with Crippen LogP contribution in [0.25, 0.3) is 11.0 Å². The van der Waals surface area contributed by atoms with Gasteiger partial charge in [-0.15, -0.1) is 0 Å². The summed E-state index contributed by atoms with van der Waals surface area (Å²) in [6, 6.07) is 9.53. The highest BCUT2D eigenvalue weighted by Crippen LogP contribution is 2.31. The van der Waals surface area contributed by atoms with E-state index >= 15 is 0 Å². The van der Waals surface area contributed by atoms with Crippen molar-refractivity contribution in [2.45, 2.75) is 60.6 Å². The highest BCUT2D eigenvalue weighted by Gasteiger charge is 2.14. The number of ether oxygens (including phenoxy) is 1. The fraction of sp³-hybridized carbons (Fsp3) is 0.400. The molecule has 0 unspecified atom stereocenters. The standard InChI is InChI=1S/C24H30N4O2.CH5N/c1-7-12-28-18(6)27-24-21(28)10-8-16(4)23(24)26-17(5)25-20-13-19(14-29)9-11-22(20)30-15(2)3;1-2/h8-11,13-15H,7,12H2,1-6H3,(H,25,26);2H2,1H3. The zero-order chi connectivity index (χ0) is 23.8. The summed E-state index contributed by atoms with van der Waals surface area (Å²) in [5.41, 5.74) is 9.71. The lowest BCUT2D eigenvalue weighted by molar-refractivity contribution is 0.112. The molecule has 0 amide bonds. The topological polar surface area (TPSA) is 94.5 Å². The number of benzene rings is 2. The fourth-order valence-corrected chi connectivity index (χ4v) is 3.51. The molecule has 32 heavy (non-hydrogen) atoms. The van der Waals surface area contributed by atoms with Crippen LogP contribution in [0.4, 0.5) is 11.4 Å². The molecule has 172 valence electrons. The van der Waals surface area contributed by atoms with Gasteiger partial charge in [0.15, 0.2) is 0 Å². The van der Waals surface area contributed by atoms with Gasteiger partial charge in [-0.25, -0.2) is 9.98 Å². The molecule has 3 rings (SSSR count). The minimum Gasteiger partial charge on any atom is -0.489 e. The number of aliphatic imine (C=N–C) groups is 1. The number of anilines is 1. The highest BCUT2D eigenvalue weighted by atomic mass is 16.5. The van der Waals surface area contributed by atoms with E-state index < -0.39 is 0 Å². The molecule has 1 heterocycles. The van der Waals surface area contributed by atoms with Gasteiger partial charge in [-0.05, 0) is 77.9 Å². The molecular weight excluding hydrogens is 402 g/mol. The van der Waals surface area contributed by atoms with E-state index in [1.54, 1.807) is 18.2 Å². The number of rotatable bonds is 7. The lowest BCUT2D eigenvalue weighted by Crippen LogP contribution is -2.12. The van der Waals surface area contributed by atoms with Gasteiger partial charge >= 0.3 is 0 Å². The van der Waals surface area contributed by atoms with Crippen molar-refractivity contribution in [3.05, 3.63) is 47.3 Å². The Balaban J connectivity index is 0.00000176. The number of nitrogens with two attached hydrogens (primary N) is 1. The molecule has 0 radical (unpaired) electrons. The van der Waals surface area contributed by atoms with Crippen molar-refractivity contribution in [3.63, 3.8) is 0 Å². The molecule has 0 fully saturated rings. The van der Waals surface area contributed by atoms with Crippen LogP contribution in [0.15, 0.2) is 35.3 Å². The maximum Gasteiger partial charge on any atom is 0.150 e. The van der Waals surface area contributed by atoms with Crippen molar-refractivity contribution in [2.75, 3.05) is 12.4 Å². The molecule has 0 aliphatic rings. The minimum absolute atomic E-state index is 0.0198. The Hall–Kier alpha value is -3.19. The first-order valence-electron chi connectivity index (χ1n) is 11.0. The van der Waals surface area contributed by atoms with Crippen molar-refractivity contribution in [2.24, 2.45) is 10.7 Å². The largest absolute Gasteiger partial charge is 0.489 e. The Morgan fingerprint density at radius 1 is 1.25 bits per heavy atom. The molecule has 2 aromatic carbocycles. The molecule has 3 aromatic rings. The van der Waals surface area contributed by atoms with Crippen molar-refractivity contribution >= 4 is 34.5 Å². The van der Waals surface area contributed by atoms with E-state index in [1.807, 2.05) is 34.6 Å². The Morgan fingerprint density at radius 3 is 2.59 bits per heavy atom. The summed E-state index contributed by atoms with van der Waals surface area (Å²) >= 11 is 0. The number of nitrogens with one attached hydrogen (secondary N) is 1. The van der Waals surface area contributed by atoms with E-state index in [2.05, 4.69) is 34.7 Å². The second-order valence-corrected chi connectivity index (χ2v) is 7.77. The lowest BCUT2D eigenvalue weighted by atomic mass is 10.1. The van der Waals surface area contributed by atoms with Crippen LogP contribution in [0.2, 0.25) is 0 Å². The number of carbonyl (C=O) groups excluding carboxylic acids is 1. The van der Waals surface area contributed by atoms with Crippen LogP contribution in [-0.4, -0.2) is 34.8 Å². The minimum atomic E-state index is 0.0198. The van der Waals surface area contributed by atoms with Gasteiger partial charge in [0.2, 0.25) is 0 Å². The number of nitrogens with zero attached hydrogens (tertiary/aromatic N) is 3. The van der Waals surface area contributed by atoms with Gasteiger partial charge in [0.25, 0.3) is 0 Å². The highest BCUT2D eigenvalue weighted by molar-refractivity contribution is 6.00. The first-order chi connectivity index (χ1) is 15.3. The van der Waals surface area contributed by atoms with E-state index in [4.69, 9.17) is 14.7 Å². The van der Waals surface area contributed by atoms with Crippen LogP contribution >= 0.6 is 0 Å². The molecule has 0 spiro atoms. The molecule has 0 aliphatic carbocycles. The lowest BCUT2D eigenvalue weighted by Gasteiger charge is -2.16. The van der Waals surface area contributed by atoms with E-state index in [0.29, 0.717) is 22.8 Å². The molecule has 7 heteroatoms. The van der Waals surface area contributed by atoms with E-state index in [1.165, 1.54) is 7.05 Å². The number of aryl methyl sites for hydroxylation is 3. The first-order valence-corrected chi connectivity index (χ1v) is 11.0. The van der Waals surface area contributed by atoms with Gasteiger partial charge in [-0.1, -0.05) is 13.0 Å². The smallest absolute Gasteiger partial charge is 0.150 e. The molecule has 0 saturated carbocycles. The summed E-state index contributed by atoms with van der Waals surface area (Å²) in [5.74, 6) is 2.37. The van der Waals surface area contributed by atoms with E-state index in [9.17, 15) is 4.79 Å². The molecule has 1 aromatic heterocycles. The predicted octanol–water partition coefficient (Wildman–Crippen LogP) is 5.40. The number of hydrogen-bond acceptors (Lipinski definition) is 5. The SMILES string of the molecule is CCCn1c(C)nc2c(N=C(C)Nc3cc(C=O)ccc3OC(C)C)c(C)ccc21.CN. The van der Waals surface area contributed by atoms with Crippen molar-refractivity contribution in [1.82, 2.24) is 9.55 Å². The van der Waals surface area contributed by atoms with Crippen molar-refractivity contribution in [3.8, 4) is 5.75 Å². The van der Waals surface area contributed by atoms with E-state index in [0.717, 1.165) is 47.4 Å². The monoisotopic (exact) mass is 437 g/mol. The van der Waals surface area contributed by atoms with Crippen LogP contribution in [-0.2, 0) is 6.54 Å². The van der Waals surface area contributed by atoms with E-state index in [-0.39, 0.29) is 6.10 Å². The van der Waals surface area contributed by atoms with Crippen LogP contribution in [0.5, 0.6) is 5.75 Å². The maximum atomic E-state index is 11.2. The van der Waals surface area contributed by atoms with Crippen LogP contribution in [0.1, 0.15) is 55.9 Å². The summed E-state index contributed by atoms with van der Waals surface area (Å²) in [7, 11) is 1.50. The second-order valence-electron chi connectivity index (χ2n) is 7.77. The number of fused-ring (bicyclic) bond motifs is 1. The molecule has 3 N–H and O–H groups in total. The Morgan fingerprint density at radius 2 is 1.97 bits per heavy atom. The third kappa shape index (κ3) is 5.73. The first kappa shape index (κ1) is 25.1. The number of aromatic nitrogens is 2. The van der Waals surface area contributed by atoms with Gasteiger partial charge in [-0.2, -0.15) is 0 Å². The van der Waals surface area contributed by atoms with Crippen LogP contribution in [0.3, 0.4) is 0 Å². The zero-order valence-electron chi connectivity index (χ0n) is 20.2. The molecule has 0 atom stereocenters. The molecular formula is C25H35N5O2. The number of amidine groups is 1. The second kappa shape index (κ2) is 11.4. The predicted molar refractivity (Wildman–Crippen MR) is 134 cm³/mol. The summed E-state index contributed by atoms with van der Waals surface area (Å²) in [6.45, 7) is 13.0. The van der Waals surface area contributed by atoms with Gasteiger partial charge in [0.1, 0.15) is 29.2 Å². The van der Waals surface area contributed by atoms with Crippen molar-refractivity contribution < 1.29 is 9.53 Å². The molecule has 7 nitrogen and oxygen atoms in total. The number of hydrogen-bond donors (Lipinski definition) is 2. The third-order valence-electron chi connectivity index (χ3n) is 4.83. The third-order valence-corrected chi connectivity index (χ3v) is 4.83. The quantitative estimate of drug-likeness (QED) is 0.293. The van der Waals surface area contributed by atoms with Crippen molar-refractivity contribution in [1.29, 1.82) is 0 Å². The van der Waals surface area contributed by atoms with Gasteiger partial charge in [0, 0.05) is 12.1 Å². The summed E-state index contributed by atoms with van der Waals surface area (Å²) in [5, 5.41) is 3.31. The number of aldehydes is 1. The number of carbonyl (C=O) groups is 1. The van der Waals surface area contributed by atoms with Gasteiger partial charge in [-0.3, -0.25) is 4.79 Å². The van der Waals surface area contributed by atoms with Gasteiger partial charge < -0.3 is 20.4 Å².